The largest absolute Gasteiger partial charge is 0.418 e. The molecule has 0 fully saturated rings. The lowest BCUT2D eigenvalue weighted by Gasteiger charge is -2.21. The Labute approximate surface area is 169 Å². The molecule has 0 bridgehead atoms. The van der Waals surface area contributed by atoms with Gasteiger partial charge in [-0.25, -0.2) is 8.42 Å². The van der Waals surface area contributed by atoms with Crippen molar-refractivity contribution in [2.45, 2.75) is 24.9 Å². The first-order valence-corrected chi connectivity index (χ1v) is 10.4. The summed E-state index contributed by atoms with van der Waals surface area (Å²) < 4.78 is 66.4. The highest BCUT2D eigenvalue weighted by molar-refractivity contribution is 9.10. The van der Waals surface area contributed by atoms with Gasteiger partial charge in [0.1, 0.15) is 0 Å². The first-order chi connectivity index (χ1) is 13.0. The maximum Gasteiger partial charge on any atom is 0.418 e. The third-order valence-corrected chi connectivity index (χ3v) is 6.75. The molecule has 2 aromatic carbocycles. The molecule has 0 aliphatic rings. The van der Waals surface area contributed by atoms with Gasteiger partial charge in [0.25, 0.3) is 0 Å². The van der Waals surface area contributed by atoms with Crippen LogP contribution in [0.2, 0.25) is 0 Å². The van der Waals surface area contributed by atoms with Crippen molar-refractivity contribution in [1.82, 2.24) is 4.31 Å². The minimum Gasteiger partial charge on any atom is -0.324 e. The van der Waals surface area contributed by atoms with Gasteiger partial charge < -0.3 is 5.32 Å². The molecule has 0 unspecified atom stereocenters. The van der Waals surface area contributed by atoms with Crippen LogP contribution in [0.15, 0.2) is 51.8 Å². The van der Waals surface area contributed by atoms with E-state index in [-0.39, 0.29) is 11.4 Å². The summed E-state index contributed by atoms with van der Waals surface area (Å²) in [4.78, 5) is 12.3. The molecule has 2 aromatic rings. The normalized spacial score (nSPS) is 12.2. The minimum absolute atomic E-state index is 0.00135. The van der Waals surface area contributed by atoms with Crippen molar-refractivity contribution >= 4 is 37.5 Å². The lowest BCUT2D eigenvalue weighted by atomic mass is 10.1. The fourth-order valence-corrected chi connectivity index (χ4v) is 4.22. The molecule has 0 saturated heterocycles. The van der Waals surface area contributed by atoms with E-state index in [1.165, 1.54) is 24.3 Å². The molecule has 0 radical (unpaired) electrons. The van der Waals surface area contributed by atoms with Gasteiger partial charge in [-0.15, -0.1) is 0 Å². The molecule has 1 amide bonds. The molecular weight excluding hydrogens is 461 g/mol. The van der Waals surface area contributed by atoms with E-state index in [1.54, 1.807) is 19.9 Å². The third-order valence-electron chi connectivity index (χ3n) is 3.95. The van der Waals surface area contributed by atoms with Gasteiger partial charge in [-0.1, -0.05) is 35.0 Å². The summed E-state index contributed by atoms with van der Waals surface area (Å²) >= 11 is 3.29. The molecule has 0 spiro atoms. The third kappa shape index (κ3) is 5.12. The Balaban J connectivity index is 2.23. The molecular formula is C18H18BrF3N2O3S. The zero-order chi connectivity index (χ0) is 21.1. The van der Waals surface area contributed by atoms with Gasteiger partial charge >= 0.3 is 6.18 Å². The zero-order valence-electron chi connectivity index (χ0n) is 15.0. The van der Waals surface area contributed by atoms with E-state index in [4.69, 9.17) is 0 Å². The lowest BCUT2D eigenvalue weighted by Crippen LogP contribution is -2.38. The number of likely N-dealkylation sites (N-methyl/N-ethyl adjacent to an activating group) is 1. The number of benzene rings is 2. The predicted molar refractivity (Wildman–Crippen MR) is 103 cm³/mol. The van der Waals surface area contributed by atoms with Crippen LogP contribution in [0.1, 0.15) is 18.1 Å². The Bertz CT molecular complexity index is 978. The van der Waals surface area contributed by atoms with Crippen molar-refractivity contribution in [2.75, 3.05) is 18.4 Å². The molecule has 152 valence electrons. The van der Waals surface area contributed by atoms with Crippen molar-refractivity contribution < 1.29 is 26.4 Å². The zero-order valence-corrected chi connectivity index (χ0v) is 17.5. The predicted octanol–water partition coefficient (Wildman–Crippen LogP) is 4.43. The number of nitrogens with zero attached hydrogens (tertiary/aromatic N) is 1. The van der Waals surface area contributed by atoms with E-state index in [0.29, 0.717) is 5.56 Å². The van der Waals surface area contributed by atoms with Gasteiger partial charge in [0.2, 0.25) is 15.9 Å². The topological polar surface area (TPSA) is 66.5 Å². The SMILES string of the molecule is CCN(CC(=O)Nc1ccccc1C(F)(F)F)S(=O)(=O)c1ccc(Br)c(C)c1. The molecule has 10 heteroatoms. The molecule has 5 nitrogen and oxygen atoms in total. The summed E-state index contributed by atoms with van der Waals surface area (Å²) in [6, 6.07) is 8.94. The van der Waals surface area contributed by atoms with E-state index < -0.39 is 39.9 Å². The average molecular weight is 479 g/mol. The van der Waals surface area contributed by atoms with E-state index in [1.807, 2.05) is 0 Å². The number of rotatable bonds is 6. The number of para-hydroxylation sites is 1. The van der Waals surface area contributed by atoms with Gasteiger partial charge in [0.15, 0.2) is 0 Å². The van der Waals surface area contributed by atoms with E-state index in [2.05, 4.69) is 21.2 Å². The number of nitrogens with one attached hydrogen (secondary N) is 1. The van der Waals surface area contributed by atoms with Gasteiger partial charge in [-0.05, 0) is 42.8 Å². The van der Waals surface area contributed by atoms with Crippen molar-refractivity contribution in [2.24, 2.45) is 0 Å². The van der Waals surface area contributed by atoms with Crippen LogP contribution in [0.5, 0.6) is 0 Å². The van der Waals surface area contributed by atoms with E-state index in [9.17, 15) is 26.4 Å². The number of carbonyl (C=O) groups excluding carboxylic acids is 1. The maximum atomic E-state index is 13.0. The van der Waals surface area contributed by atoms with Gasteiger partial charge in [0, 0.05) is 11.0 Å². The molecule has 0 aliphatic heterocycles. The monoisotopic (exact) mass is 478 g/mol. The first kappa shape index (κ1) is 22.4. The van der Waals surface area contributed by atoms with Crippen LogP contribution in [0.25, 0.3) is 0 Å². The number of hydrogen-bond donors (Lipinski definition) is 1. The van der Waals surface area contributed by atoms with Gasteiger partial charge in [0.05, 0.1) is 22.7 Å². The number of alkyl halides is 3. The quantitative estimate of drug-likeness (QED) is 0.667. The first-order valence-electron chi connectivity index (χ1n) is 8.19. The number of anilines is 1. The number of sulfonamides is 1. The molecule has 0 atom stereocenters. The maximum absolute atomic E-state index is 13.0. The van der Waals surface area contributed by atoms with Crippen LogP contribution in [0.4, 0.5) is 18.9 Å². The molecule has 0 saturated carbocycles. The second kappa shape index (κ2) is 8.62. The van der Waals surface area contributed by atoms with Crippen LogP contribution in [0, 0.1) is 6.92 Å². The highest BCUT2D eigenvalue weighted by Gasteiger charge is 2.34. The molecule has 2 rings (SSSR count). The minimum atomic E-state index is -4.64. The lowest BCUT2D eigenvalue weighted by molar-refractivity contribution is -0.137. The molecule has 0 aliphatic carbocycles. The van der Waals surface area contributed by atoms with Crippen molar-refractivity contribution in [1.29, 1.82) is 0 Å². The van der Waals surface area contributed by atoms with Crippen LogP contribution >= 0.6 is 15.9 Å². The summed E-state index contributed by atoms with van der Waals surface area (Å²) in [5.74, 6) is -0.865. The summed E-state index contributed by atoms with van der Waals surface area (Å²) in [5.41, 5.74) is -0.730. The second-order valence-corrected chi connectivity index (χ2v) is 8.73. The molecule has 1 N–H and O–H groups in total. The van der Waals surface area contributed by atoms with Crippen LogP contribution in [0.3, 0.4) is 0 Å². The van der Waals surface area contributed by atoms with Crippen LogP contribution in [-0.4, -0.2) is 31.7 Å². The number of hydrogen-bond acceptors (Lipinski definition) is 3. The summed E-state index contributed by atoms with van der Waals surface area (Å²) in [5, 5.41) is 2.15. The van der Waals surface area contributed by atoms with E-state index >= 15 is 0 Å². The molecule has 28 heavy (non-hydrogen) atoms. The summed E-state index contributed by atoms with van der Waals surface area (Å²) in [6.45, 7) is 2.63. The van der Waals surface area contributed by atoms with E-state index in [0.717, 1.165) is 20.9 Å². The Hall–Kier alpha value is -1.91. The number of halogens is 4. The average Bonchev–Trinajstić information content (AvgIpc) is 2.61. The second-order valence-electron chi connectivity index (χ2n) is 5.93. The number of amides is 1. The standard InChI is InChI=1S/C18H18BrF3N2O3S/c1-3-24(28(26,27)13-8-9-15(19)12(2)10-13)11-17(25)23-16-7-5-4-6-14(16)18(20,21)22/h4-10H,3,11H2,1-2H3,(H,23,25). The van der Waals surface area contributed by atoms with Crippen molar-refractivity contribution in [3.63, 3.8) is 0 Å². The van der Waals surface area contributed by atoms with Crippen molar-refractivity contribution in [3.8, 4) is 0 Å². The summed E-state index contributed by atoms with van der Waals surface area (Å²) in [6.07, 6.45) is -4.64. The Morgan fingerprint density at radius 3 is 2.39 bits per heavy atom. The number of carbonyl (C=O) groups is 1. The van der Waals surface area contributed by atoms with Crippen LogP contribution < -0.4 is 5.32 Å². The Morgan fingerprint density at radius 1 is 1.18 bits per heavy atom. The van der Waals surface area contributed by atoms with Crippen LogP contribution in [-0.2, 0) is 21.0 Å². The molecule has 0 aromatic heterocycles. The molecule has 0 heterocycles. The smallest absolute Gasteiger partial charge is 0.324 e. The number of aryl methyl sites for hydroxylation is 1. The summed E-state index contributed by atoms with van der Waals surface area (Å²) in [7, 11) is -3.99. The highest BCUT2D eigenvalue weighted by atomic mass is 79.9. The van der Waals surface area contributed by atoms with Gasteiger partial charge in [-0.3, -0.25) is 4.79 Å². The fraction of sp³-hybridized carbons (Fsp3) is 0.278. The fourth-order valence-electron chi connectivity index (χ4n) is 2.48. The Morgan fingerprint density at radius 2 is 1.82 bits per heavy atom. The Kier molecular flexibility index (Phi) is 6.89. The highest BCUT2D eigenvalue weighted by Crippen LogP contribution is 2.34. The van der Waals surface area contributed by atoms with Gasteiger partial charge in [-0.2, -0.15) is 17.5 Å². The van der Waals surface area contributed by atoms with Crippen molar-refractivity contribution in [3.05, 3.63) is 58.1 Å².